The summed E-state index contributed by atoms with van der Waals surface area (Å²) < 4.78 is 11.7. The van der Waals surface area contributed by atoms with Crippen molar-refractivity contribution < 1.29 is 14.6 Å². The maximum atomic E-state index is 10.4. The standard InChI is InChI=1S/C14H20BrNO3/c1-10-14(17,5-6-19-10)9-16-8-11-7-12(15)3-4-13(11)18-2/h3-4,7,10,16-17H,5-6,8-9H2,1-2H3. The second kappa shape index (κ2) is 6.22. The molecular weight excluding hydrogens is 310 g/mol. The predicted octanol–water partition coefficient (Wildman–Crippen LogP) is 2.09. The molecule has 2 N–H and O–H groups in total. The number of nitrogens with one attached hydrogen (secondary N) is 1. The van der Waals surface area contributed by atoms with Crippen LogP contribution >= 0.6 is 15.9 Å². The van der Waals surface area contributed by atoms with Crippen molar-refractivity contribution >= 4 is 15.9 Å². The van der Waals surface area contributed by atoms with Gasteiger partial charge in [-0.15, -0.1) is 0 Å². The largest absolute Gasteiger partial charge is 0.496 e. The molecule has 1 fully saturated rings. The Morgan fingerprint density at radius 3 is 3.00 bits per heavy atom. The van der Waals surface area contributed by atoms with Gasteiger partial charge in [-0.3, -0.25) is 0 Å². The smallest absolute Gasteiger partial charge is 0.123 e. The van der Waals surface area contributed by atoms with Crippen LogP contribution in [0.1, 0.15) is 18.9 Å². The van der Waals surface area contributed by atoms with Crippen LogP contribution in [0, 0.1) is 0 Å². The highest BCUT2D eigenvalue weighted by atomic mass is 79.9. The number of aliphatic hydroxyl groups is 1. The van der Waals surface area contributed by atoms with Gasteiger partial charge >= 0.3 is 0 Å². The number of hydrogen-bond acceptors (Lipinski definition) is 4. The van der Waals surface area contributed by atoms with Crippen LogP contribution in [0.15, 0.2) is 22.7 Å². The average molecular weight is 330 g/mol. The van der Waals surface area contributed by atoms with Gasteiger partial charge in [-0.2, -0.15) is 0 Å². The van der Waals surface area contributed by atoms with Crippen LogP contribution in [0.25, 0.3) is 0 Å². The molecule has 19 heavy (non-hydrogen) atoms. The molecule has 106 valence electrons. The maximum absolute atomic E-state index is 10.4. The Morgan fingerprint density at radius 1 is 1.58 bits per heavy atom. The molecule has 0 amide bonds. The summed E-state index contributed by atoms with van der Waals surface area (Å²) in [5.74, 6) is 0.846. The lowest BCUT2D eigenvalue weighted by molar-refractivity contribution is -0.0263. The first-order chi connectivity index (χ1) is 9.05. The highest BCUT2D eigenvalue weighted by molar-refractivity contribution is 9.10. The molecule has 2 rings (SSSR count). The van der Waals surface area contributed by atoms with E-state index in [0.29, 0.717) is 26.1 Å². The van der Waals surface area contributed by atoms with Crippen molar-refractivity contribution in [3.8, 4) is 5.75 Å². The molecule has 1 aliphatic heterocycles. The molecule has 2 unspecified atom stereocenters. The van der Waals surface area contributed by atoms with E-state index in [2.05, 4.69) is 21.2 Å². The molecule has 2 atom stereocenters. The monoisotopic (exact) mass is 329 g/mol. The summed E-state index contributed by atoms with van der Waals surface area (Å²) in [6, 6.07) is 5.89. The molecular formula is C14H20BrNO3. The van der Waals surface area contributed by atoms with Crippen LogP contribution in [0.5, 0.6) is 5.75 Å². The number of hydrogen-bond donors (Lipinski definition) is 2. The first-order valence-corrected chi connectivity index (χ1v) is 7.21. The Labute approximate surface area is 122 Å². The highest BCUT2D eigenvalue weighted by Crippen LogP contribution is 2.26. The summed E-state index contributed by atoms with van der Waals surface area (Å²) in [7, 11) is 1.66. The first kappa shape index (κ1) is 14.8. The summed E-state index contributed by atoms with van der Waals surface area (Å²) in [5.41, 5.74) is 0.297. The molecule has 0 bridgehead atoms. The van der Waals surface area contributed by atoms with Crippen molar-refractivity contribution in [3.05, 3.63) is 28.2 Å². The first-order valence-electron chi connectivity index (χ1n) is 6.42. The van der Waals surface area contributed by atoms with Gasteiger partial charge in [-0.05, 0) is 25.1 Å². The van der Waals surface area contributed by atoms with Crippen LogP contribution in [-0.2, 0) is 11.3 Å². The minimum atomic E-state index is -0.765. The lowest BCUT2D eigenvalue weighted by Gasteiger charge is -2.26. The van der Waals surface area contributed by atoms with Gasteiger partial charge < -0.3 is 19.9 Å². The summed E-state index contributed by atoms with van der Waals surface area (Å²) in [4.78, 5) is 0. The van der Waals surface area contributed by atoms with Crippen molar-refractivity contribution in [1.29, 1.82) is 0 Å². The lowest BCUT2D eigenvalue weighted by Crippen LogP contribution is -2.45. The number of methoxy groups -OCH3 is 1. The number of rotatable bonds is 5. The zero-order chi connectivity index (χ0) is 13.9. The second-order valence-electron chi connectivity index (χ2n) is 4.93. The molecule has 1 heterocycles. The van der Waals surface area contributed by atoms with Crippen molar-refractivity contribution in [2.75, 3.05) is 20.3 Å². The molecule has 0 saturated carbocycles. The van der Waals surface area contributed by atoms with E-state index in [0.717, 1.165) is 15.8 Å². The van der Waals surface area contributed by atoms with Gasteiger partial charge in [0.2, 0.25) is 0 Å². The van der Waals surface area contributed by atoms with E-state index in [4.69, 9.17) is 9.47 Å². The Bertz CT molecular complexity index is 441. The number of halogens is 1. The van der Waals surface area contributed by atoms with Gasteiger partial charge in [0, 0.05) is 36.2 Å². The van der Waals surface area contributed by atoms with E-state index in [1.54, 1.807) is 7.11 Å². The van der Waals surface area contributed by atoms with Crippen molar-refractivity contribution in [2.24, 2.45) is 0 Å². The zero-order valence-electron chi connectivity index (χ0n) is 11.3. The molecule has 1 aromatic rings. The fourth-order valence-electron chi connectivity index (χ4n) is 2.30. The Hall–Kier alpha value is -0.620. The molecule has 5 heteroatoms. The Balaban J connectivity index is 1.94. The topological polar surface area (TPSA) is 50.7 Å². The molecule has 0 aliphatic carbocycles. The minimum Gasteiger partial charge on any atom is -0.496 e. The average Bonchev–Trinajstić information content (AvgIpc) is 2.70. The Morgan fingerprint density at radius 2 is 2.37 bits per heavy atom. The molecule has 0 radical (unpaired) electrons. The van der Waals surface area contributed by atoms with Crippen LogP contribution in [0.3, 0.4) is 0 Å². The fourth-order valence-corrected chi connectivity index (χ4v) is 2.71. The summed E-state index contributed by atoms with van der Waals surface area (Å²) in [5, 5.41) is 13.7. The second-order valence-corrected chi connectivity index (χ2v) is 5.84. The zero-order valence-corrected chi connectivity index (χ0v) is 12.9. The maximum Gasteiger partial charge on any atom is 0.123 e. The summed E-state index contributed by atoms with van der Waals surface area (Å²) in [6.45, 7) is 3.70. The van der Waals surface area contributed by atoms with E-state index in [1.165, 1.54) is 0 Å². The highest BCUT2D eigenvalue weighted by Gasteiger charge is 2.38. The van der Waals surface area contributed by atoms with E-state index < -0.39 is 5.60 Å². The van der Waals surface area contributed by atoms with Crippen LogP contribution in [-0.4, -0.2) is 37.1 Å². The molecule has 0 aromatic heterocycles. The van der Waals surface area contributed by atoms with Gasteiger partial charge in [-0.25, -0.2) is 0 Å². The van der Waals surface area contributed by atoms with E-state index in [9.17, 15) is 5.11 Å². The molecule has 4 nitrogen and oxygen atoms in total. The van der Waals surface area contributed by atoms with Crippen LogP contribution in [0.2, 0.25) is 0 Å². The van der Waals surface area contributed by atoms with E-state index in [1.807, 2.05) is 25.1 Å². The minimum absolute atomic E-state index is 0.121. The van der Waals surface area contributed by atoms with Crippen LogP contribution in [0.4, 0.5) is 0 Å². The van der Waals surface area contributed by atoms with Gasteiger partial charge in [0.05, 0.1) is 13.2 Å². The van der Waals surface area contributed by atoms with Gasteiger partial charge in [0.15, 0.2) is 0 Å². The fraction of sp³-hybridized carbons (Fsp3) is 0.571. The molecule has 0 spiro atoms. The number of benzene rings is 1. The molecule has 1 aliphatic rings. The quantitative estimate of drug-likeness (QED) is 0.868. The van der Waals surface area contributed by atoms with Gasteiger partial charge in [0.25, 0.3) is 0 Å². The van der Waals surface area contributed by atoms with Gasteiger partial charge in [0.1, 0.15) is 11.4 Å². The predicted molar refractivity (Wildman–Crippen MR) is 77.4 cm³/mol. The molecule has 1 saturated heterocycles. The summed E-state index contributed by atoms with van der Waals surface area (Å²) >= 11 is 3.45. The third-order valence-electron chi connectivity index (χ3n) is 3.65. The number of ether oxygens (including phenoxy) is 2. The van der Waals surface area contributed by atoms with E-state index >= 15 is 0 Å². The third kappa shape index (κ3) is 3.48. The van der Waals surface area contributed by atoms with E-state index in [-0.39, 0.29) is 6.10 Å². The van der Waals surface area contributed by atoms with Crippen molar-refractivity contribution in [3.63, 3.8) is 0 Å². The van der Waals surface area contributed by atoms with Crippen LogP contribution < -0.4 is 10.1 Å². The lowest BCUT2D eigenvalue weighted by atomic mass is 9.96. The normalized spacial score (nSPS) is 26.6. The SMILES string of the molecule is COc1ccc(Br)cc1CNCC1(O)CCOC1C. The third-order valence-corrected chi connectivity index (χ3v) is 4.14. The molecule has 1 aromatic carbocycles. The summed E-state index contributed by atoms with van der Waals surface area (Å²) in [6.07, 6.45) is 0.556. The Kier molecular flexibility index (Phi) is 4.84. The van der Waals surface area contributed by atoms with Crippen molar-refractivity contribution in [1.82, 2.24) is 5.32 Å². The van der Waals surface area contributed by atoms with Gasteiger partial charge in [-0.1, -0.05) is 15.9 Å². The van der Waals surface area contributed by atoms with Crippen molar-refractivity contribution in [2.45, 2.75) is 31.6 Å².